The average molecular weight is 273 g/mol. The van der Waals surface area contributed by atoms with Gasteiger partial charge in [0.2, 0.25) is 6.08 Å². The summed E-state index contributed by atoms with van der Waals surface area (Å²) in [6, 6.07) is 7.93. The minimum absolute atomic E-state index is 0.148. The second kappa shape index (κ2) is 5.04. The lowest BCUT2D eigenvalue weighted by atomic mass is 9.72. The maximum atomic E-state index is 10.6. The molecular weight excluding hydrogens is 254 g/mol. The summed E-state index contributed by atoms with van der Waals surface area (Å²) in [6.07, 6.45) is 4.68. The highest BCUT2D eigenvalue weighted by Crippen LogP contribution is 2.45. The number of rotatable bonds is 5. The standard InChI is InChI=1S/C16H19NO3/c1-15(9-19-10-15)11-20-14-5-3-13(4-6-14)16(17-12-18)7-2-8-16/h3-6H,2,7-11H2,1H3. The Morgan fingerprint density at radius 2 is 2.00 bits per heavy atom. The highest BCUT2D eigenvalue weighted by molar-refractivity contribution is 5.40. The van der Waals surface area contributed by atoms with Gasteiger partial charge in [0.1, 0.15) is 5.75 Å². The minimum atomic E-state index is -0.325. The lowest BCUT2D eigenvalue weighted by Crippen LogP contribution is -2.44. The quantitative estimate of drug-likeness (QED) is 0.612. The zero-order chi connectivity index (χ0) is 14.1. The molecule has 2 fully saturated rings. The van der Waals surface area contributed by atoms with Crippen molar-refractivity contribution in [3.05, 3.63) is 29.8 Å². The van der Waals surface area contributed by atoms with Crippen LogP contribution in [0.5, 0.6) is 5.75 Å². The van der Waals surface area contributed by atoms with Gasteiger partial charge in [-0.15, -0.1) is 0 Å². The third-order valence-electron chi connectivity index (χ3n) is 4.32. The van der Waals surface area contributed by atoms with Crippen LogP contribution < -0.4 is 4.74 Å². The van der Waals surface area contributed by atoms with E-state index in [0.29, 0.717) is 6.61 Å². The molecule has 4 nitrogen and oxygen atoms in total. The molecule has 1 aliphatic heterocycles. The van der Waals surface area contributed by atoms with Crippen molar-refractivity contribution in [2.45, 2.75) is 31.7 Å². The van der Waals surface area contributed by atoms with Crippen LogP contribution in [-0.4, -0.2) is 25.9 Å². The number of hydrogen-bond donors (Lipinski definition) is 0. The number of carbonyl (C=O) groups excluding carboxylic acids is 1. The van der Waals surface area contributed by atoms with E-state index in [9.17, 15) is 4.79 Å². The van der Waals surface area contributed by atoms with Crippen molar-refractivity contribution in [1.29, 1.82) is 0 Å². The summed E-state index contributed by atoms with van der Waals surface area (Å²) in [5, 5.41) is 0. The summed E-state index contributed by atoms with van der Waals surface area (Å²) in [4.78, 5) is 14.6. The van der Waals surface area contributed by atoms with Crippen molar-refractivity contribution in [1.82, 2.24) is 0 Å². The Kier molecular flexibility index (Phi) is 3.36. The van der Waals surface area contributed by atoms with Gasteiger partial charge in [0.15, 0.2) is 0 Å². The second-order valence-corrected chi connectivity index (χ2v) is 6.20. The molecule has 1 saturated heterocycles. The molecule has 0 atom stereocenters. The van der Waals surface area contributed by atoms with E-state index in [2.05, 4.69) is 11.9 Å². The third kappa shape index (κ3) is 2.37. The Morgan fingerprint density at radius 3 is 2.45 bits per heavy atom. The van der Waals surface area contributed by atoms with Crippen LogP contribution in [0, 0.1) is 5.41 Å². The van der Waals surface area contributed by atoms with Crippen LogP contribution in [-0.2, 0) is 15.1 Å². The van der Waals surface area contributed by atoms with Gasteiger partial charge in [-0.05, 0) is 37.0 Å². The number of ether oxygens (including phenoxy) is 2. The molecule has 0 unspecified atom stereocenters. The maximum Gasteiger partial charge on any atom is 0.235 e. The summed E-state index contributed by atoms with van der Waals surface area (Å²) in [6.45, 7) is 4.36. The van der Waals surface area contributed by atoms with Crippen molar-refractivity contribution >= 4 is 6.08 Å². The molecule has 1 aromatic carbocycles. The second-order valence-electron chi connectivity index (χ2n) is 6.20. The minimum Gasteiger partial charge on any atom is -0.493 e. The van der Waals surface area contributed by atoms with Crippen LogP contribution in [0.4, 0.5) is 0 Å². The molecular formula is C16H19NO3. The molecule has 1 aliphatic carbocycles. The molecule has 1 aromatic rings. The number of hydrogen-bond acceptors (Lipinski definition) is 4. The first-order valence-electron chi connectivity index (χ1n) is 7.06. The van der Waals surface area contributed by atoms with E-state index in [1.54, 1.807) is 6.08 Å². The van der Waals surface area contributed by atoms with Gasteiger partial charge in [0.25, 0.3) is 0 Å². The Labute approximate surface area is 118 Å². The molecule has 0 bridgehead atoms. The smallest absolute Gasteiger partial charge is 0.235 e. The van der Waals surface area contributed by atoms with E-state index in [-0.39, 0.29) is 11.0 Å². The predicted octanol–water partition coefficient (Wildman–Crippen LogP) is 2.82. The fraction of sp³-hybridized carbons (Fsp3) is 0.562. The number of isocyanates is 1. The molecule has 0 spiro atoms. The van der Waals surface area contributed by atoms with Crippen LogP contribution in [0.1, 0.15) is 31.7 Å². The topological polar surface area (TPSA) is 47.9 Å². The average Bonchev–Trinajstić information content (AvgIpc) is 2.39. The zero-order valence-corrected chi connectivity index (χ0v) is 11.7. The van der Waals surface area contributed by atoms with Crippen LogP contribution >= 0.6 is 0 Å². The van der Waals surface area contributed by atoms with Crippen LogP contribution in [0.3, 0.4) is 0 Å². The SMILES string of the molecule is CC1(COc2ccc(C3(N=C=O)CCC3)cc2)COC1. The molecule has 20 heavy (non-hydrogen) atoms. The van der Waals surface area contributed by atoms with Gasteiger partial charge in [-0.3, -0.25) is 0 Å². The van der Waals surface area contributed by atoms with Crippen LogP contribution in [0.15, 0.2) is 29.3 Å². The van der Waals surface area contributed by atoms with Gasteiger partial charge < -0.3 is 9.47 Å². The molecule has 2 aliphatic rings. The fourth-order valence-corrected chi connectivity index (χ4v) is 2.72. The van der Waals surface area contributed by atoms with Gasteiger partial charge in [0.05, 0.1) is 25.4 Å². The van der Waals surface area contributed by atoms with E-state index >= 15 is 0 Å². The van der Waals surface area contributed by atoms with E-state index in [4.69, 9.17) is 9.47 Å². The fourth-order valence-electron chi connectivity index (χ4n) is 2.72. The van der Waals surface area contributed by atoms with Crippen LogP contribution in [0.2, 0.25) is 0 Å². The number of benzene rings is 1. The first-order chi connectivity index (χ1) is 9.66. The molecule has 1 heterocycles. The van der Waals surface area contributed by atoms with Gasteiger partial charge in [-0.25, -0.2) is 4.79 Å². The first kappa shape index (κ1) is 13.3. The molecule has 0 aromatic heterocycles. The molecule has 0 radical (unpaired) electrons. The Bertz CT molecular complexity index is 523. The first-order valence-corrected chi connectivity index (χ1v) is 7.06. The molecule has 106 valence electrons. The highest BCUT2D eigenvalue weighted by Gasteiger charge is 2.39. The third-order valence-corrected chi connectivity index (χ3v) is 4.32. The lowest BCUT2D eigenvalue weighted by molar-refractivity contribution is -0.120. The van der Waals surface area contributed by atoms with Gasteiger partial charge in [-0.2, -0.15) is 4.99 Å². The van der Waals surface area contributed by atoms with E-state index in [1.807, 2.05) is 24.3 Å². The van der Waals surface area contributed by atoms with Crippen LogP contribution in [0.25, 0.3) is 0 Å². The van der Waals surface area contributed by atoms with Crippen molar-refractivity contribution in [2.75, 3.05) is 19.8 Å². The number of aliphatic imine (C=N–C) groups is 1. The Hall–Kier alpha value is -1.64. The predicted molar refractivity (Wildman–Crippen MR) is 74.5 cm³/mol. The van der Waals surface area contributed by atoms with Crippen molar-refractivity contribution in [2.24, 2.45) is 10.4 Å². The zero-order valence-electron chi connectivity index (χ0n) is 11.7. The van der Waals surface area contributed by atoms with E-state index < -0.39 is 0 Å². The Morgan fingerprint density at radius 1 is 1.30 bits per heavy atom. The van der Waals surface area contributed by atoms with Crippen molar-refractivity contribution in [3.63, 3.8) is 0 Å². The molecule has 0 N–H and O–H groups in total. The highest BCUT2D eigenvalue weighted by atomic mass is 16.5. The summed E-state index contributed by atoms with van der Waals surface area (Å²) in [5.74, 6) is 0.853. The lowest BCUT2D eigenvalue weighted by Gasteiger charge is -2.38. The monoisotopic (exact) mass is 273 g/mol. The molecule has 1 saturated carbocycles. The molecule has 0 amide bonds. The van der Waals surface area contributed by atoms with Gasteiger partial charge in [-0.1, -0.05) is 19.1 Å². The van der Waals surface area contributed by atoms with E-state index in [0.717, 1.165) is 43.8 Å². The van der Waals surface area contributed by atoms with Crippen molar-refractivity contribution < 1.29 is 14.3 Å². The summed E-state index contributed by atoms with van der Waals surface area (Å²) < 4.78 is 11.0. The Balaban J connectivity index is 1.66. The number of nitrogens with zero attached hydrogens (tertiary/aromatic N) is 1. The summed E-state index contributed by atoms with van der Waals surface area (Å²) in [7, 11) is 0. The van der Waals surface area contributed by atoms with Gasteiger partial charge >= 0.3 is 0 Å². The van der Waals surface area contributed by atoms with E-state index in [1.165, 1.54) is 0 Å². The normalized spacial score (nSPS) is 22.1. The molecule has 4 heteroatoms. The van der Waals surface area contributed by atoms with Crippen molar-refractivity contribution in [3.8, 4) is 5.75 Å². The maximum absolute atomic E-state index is 10.6. The summed E-state index contributed by atoms with van der Waals surface area (Å²) in [5.41, 5.74) is 0.904. The summed E-state index contributed by atoms with van der Waals surface area (Å²) >= 11 is 0. The van der Waals surface area contributed by atoms with Gasteiger partial charge in [0, 0.05) is 5.41 Å². The molecule has 3 rings (SSSR count). The largest absolute Gasteiger partial charge is 0.493 e.